The molecular formula is C6H11ClN2. The van der Waals surface area contributed by atoms with E-state index in [-0.39, 0.29) is 12.4 Å². The molecule has 0 aromatic carbocycles. The topological polar surface area (TPSA) is 8.17 Å². The Morgan fingerprint density at radius 2 is 1.56 bits per heavy atom. The lowest BCUT2D eigenvalue weighted by atomic mass is 10.7. The minimum atomic E-state index is 0. The molecule has 0 radical (unpaired) electrons. The molecule has 1 rings (SSSR count). The van der Waals surface area contributed by atoms with E-state index in [0.717, 1.165) is 0 Å². The van der Waals surface area contributed by atoms with Gasteiger partial charge in [-0.15, -0.1) is 12.4 Å². The van der Waals surface area contributed by atoms with Gasteiger partial charge in [-0.05, 0) is 12.1 Å². The number of hydrogen-bond acceptors (Lipinski definition) is 1. The average molecular weight is 147 g/mol. The molecule has 0 spiro atoms. The lowest BCUT2D eigenvalue weighted by Crippen LogP contribution is -2.22. The van der Waals surface area contributed by atoms with Crippen molar-refractivity contribution in [2.75, 3.05) is 19.1 Å². The first-order valence-electron chi connectivity index (χ1n) is 2.61. The van der Waals surface area contributed by atoms with Crippen molar-refractivity contribution in [3.8, 4) is 0 Å². The summed E-state index contributed by atoms with van der Waals surface area (Å²) in [5, 5.41) is 2.00. The fraction of sp³-hybridized carbons (Fsp3) is 0.333. The second-order valence-electron chi connectivity index (χ2n) is 1.91. The molecule has 52 valence electrons. The highest BCUT2D eigenvalue weighted by Crippen LogP contribution is 1.86. The molecule has 0 bridgehead atoms. The van der Waals surface area contributed by atoms with Crippen molar-refractivity contribution < 1.29 is 0 Å². The van der Waals surface area contributed by atoms with Crippen LogP contribution < -0.4 is 5.01 Å². The van der Waals surface area contributed by atoms with Gasteiger partial charge in [-0.1, -0.05) is 0 Å². The highest BCUT2D eigenvalue weighted by molar-refractivity contribution is 5.85. The SMILES string of the molecule is CN(C)n1cccc1.Cl. The van der Waals surface area contributed by atoms with Crippen molar-refractivity contribution in [2.24, 2.45) is 0 Å². The highest BCUT2D eigenvalue weighted by Gasteiger charge is 1.83. The summed E-state index contributed by atoms with van der Waals surface area (Å²) in [6, 6.07) is 4.00. The standard InChI is InChI=1S/C6H10N2.ClH/c1-7(2)8-5-3-4-6-8;/h3-6H,1-2H3;1H. The van der Waals surface area contributed by atoms with Crippen LogP contribution in [0.1, 0.15) is 0 Å². The Morgan fingerprint density at radius 3 is 1.78 bits per heavy atom. The van der Waals surface area contributed by atoms with Gasteiger partial charge < -0.3 is 5.01 Å². The number of rotatable bonds is 1. The monoisotopic (exact) mass is 146 g/mol. The Morgan fingerprint density at radius 1 is 1.11 bits per heavy atom. The summed E-state index contributed by atoms with van der Waals surface area (Å²) in [5.74, 6) is 0. The van der Waals surface area contributed by atoms with Crippen molar-refractivity contribution in [1.29, 1.82) is 0 Å². The van der Waals surface area contributed by atoms with E-state index >= 15 is 0 Å². The summed E-state index contributed by atoms with van der Waals surface area (Å²) < 4.78 is 2.00. The van der Waals surface area contributed by atoms with Crippen molar-refractivity contribution in [3.63, 3.8) is 0 Å². The second-order valence-corrected chi connectivity index (χ2v) is 1.91. The summed E-state index contributed by atoms with van der Waals surface area (Å²) >= 11 is 0. The molecule has 0 aliphatic rings. The van der Waals surface area contributed by atoms with Gasteiger partial charge in [-0.2, -0.15) is 0 Å². The molecule has 0 saturated heterocycles. The molecule has 0 aliphatic carbocycles. The van der Waals surface area contributed by atoms with E-state index in [4.69, 9.17) is 0 Å². The third kappa shape index (κ3) is 1.98. The maximum Gasteiger partial charge on any atom is 0.0260 e. The lowest BCUT2D eigenvalue weighted by molar-refractivity contribution is 0.737. The molecule has 0 unspecified atom stereocenters. The van der Waals surface area contributed by atoms with Gasteiger partial charge >= 0.3 is 0 Å². The van der Waals surface area contributed by atoms with Crippen molar-refractivity contribution in [3.05, 3.63) is 24.5 Å². The molecule has 2 nitrogen and oxygen atoms in total. The number of nitrogens with zero attached hydrogens (tertiary/aromatic N) is 2. The molecule has 9 heavy (non-hydrogen) atoms. The molecule has 0 saturated carbocycles. The van der Waals surface area contributed by atoms with E-state index in [9.17, 15) is 0 Å². The third-order valence-electron chi connectivity index (χ3n) is 1.05. The predicted molar refractivity (Wildman–Crippen MR) is 41.7 cm³/mol. The molecule has 1 heterocycles. The highest BCUT2D eigenvalue weighted by atomic mass is 35.5. The fourth-order valence-electron chi connectivity index (χ4n) is 0.592. The molecule has 1 aromatic rings. The van der Waals surface area contributed by atoms with Crippen molar-refractivity contribution >= 4 is 12.4 Å². The average Bonchev–Trinajstić information content (AvgIpc) is 2.12. The van der Waals surface area contributed by atoms with Gasteiger partial charge in [0.05, 0.1) is 0 Å². The number of halogens is 1. The first-order chi connectivity index (χ1) is 3.80. The van der Waals surface area contributed by atoms with E-state index in [0.29, 0.717) is 0 Å². The van der Waals surface area contributed by atoms with Gasteiger partial charge in [0, 0.05) is 26.5 Å². The summed E-state index contributed by atoms with van der Waals surface area (Å²) in [7, 11) is 4.00. The second kappa shape index (κ2) is 3.41. The fourth-order valence-corrected chi connectivity index (χ4v) is 0.592. The zero-order valence-electron chi connectivity index (χ0n) is 5.61. The molecule has 0 aliphatic heterocycles. The summed E-state index contributed by atoms with van der Waals surface area (Å²) in [6.07, 6.45) is 4.00. The Hall–Kier alpha value is -0.630. The molecule has 0 amide bonds. The summed E-state index contributed by atoms with van der Waals surface area (Å²) in [4.78, 5) is 0. The van der Waals surface area contributed by atoms with Gasteiger partial charge in [0.2, 0.25) is 0 Å². The zero-order chi connectivity index (χ0) is 5.98. The zero-order valence-corrected chi connectivity index (χ0v) is 6.43. The van der Waals surface area contributed by atoms with Gasteiger partial charge in [-0.25, -0.2) is 0 Å². The van der Waals surface area contributed by atoms with Crippen LogP contribution >= 0.6 is 12.4 Å². The summed E-state index contributed by atoms with van der Waals surface area (Å²) in [5.41, 5.74) is 0. The maximum absolute atomic E-state index is 2.00. The van der Waals surface area contributed by atoms with E-state index in [2.05, 4.69) is 0 Å². The minimum Gasteiger partial charge on any atom is -0.319 e. The van der Waals surface area contributed by atoms with Crippen molar-refractivity contribution in [2.45, 2.75) is 0 Å². The Balaban J connectivity index is 0.000000640. The van der Waals surface area contributed by atoms with Gasteiger partial charge in [0.1, 0.15) is 0 Å². The first kappa shape index (κ1) is 8.37. The number of hydrogen-bond donors (Lipinski definition) is 0. The normalized spacial score (nSPS) is 8.22. The van der Waals surface area contributed by atoms with Crippen LogP contribution in [0.4, 0.5) is 0 Å². The minimum absolute atomic E-state index is 0. The molecule has 0 atom stereocenters. The van der Waals surface area contributed by atoms with Crippen LogP contribution in [0.2, 0.25) is 0 Å². The van der Waals surface area contributed by atoms with Crippen LogP contribution in [0.25, 0.3) is 0 Å². The lowest BCUT2D eigenvalue weighted by Gasteiger charge is -2.12. The van der Waals surface area contributed by atoms with Gasteiger partial charge in [-0.3, -0.25) is 4.68 Å². The quantitative estimate of drug-likeness (QED) is 0.576. The summed E-state index contributed by atoms with van der Waals surface area (Å²) in [6.45, 7) is 0. The van der Waals surface area contributed by atoms with Crippen LogP contribution in [0.15, 0.2) is 24.5 Å². The Labute approximate surface area is 61.5 Å². The molecule has 3 heteroatoms. The van der Waals surface area contributed by atoms with E-state index in [1.807, 2.05) is 48.3 Å². The molecule has 1 aromatic heterocycles. The molecule has 0 fully saturated rings. The Bertz CT molecular complexity index is 146. The van der Waals surface area contributed by atoms with E-state index in [1.54, 1.807) is 0 Å². The third-order valence-corrected chi connectivity index (χ3v) is 1.05. The van der Waals surface area contributed by atoms with Crippen LogP contribution in [0, 0.1) is 0 Å². The number of aromatic nitrogens is 1. The van der Waals surface area contributed by atoms with Gasteiger partial charge in [0.25, 0.3) is 0 Å². The van der Waals surface area contributed by atoms with Crippen molar-refractivity contribution in [1.82, 2.24) is 4.68 Å². The smallest absolute Gasteiger partial charge is 0.0260 e. The predicted octanol–water partition coefficient (Wildman–Crippen LogP) is 1.11. The largest absolute Gasteiger partial charge is 0.319 e. The first-order valence-corrected chi connectivity index (χ1v) is 2.61. The Kier molecular flexibility index (Phi) is 3.17. The van der Waals surface area contributed by atoms with Crippen LogP contribution in [0.5, 0.6) is 0 Å². The molecular weight excluding hydrogens is 136 g/mol. The van der Waals surface area contributed by atoms with E-state index < -0.39 is 0 Å². The van der Waals surface area contributed by atoms with Crippen LogP contribution in [-0.4, -0.2) is 18.8 Å². The van der Waals surface area contributed by atoms with E-state index in [1.165, 1.54) is 0 Å². The molecule has 0 N–H and O–H groups in total. The van der Waals surface area contributed by atoms with Crippen LogP contribution in [0.3, 0.4) is 0 Å². The van der Waals surface area contributed by atoms with Crippen LogP contribution in [-0.2, 0) is 0 Å². The van der Waals surface area contributed by atoms with Gasteiger partial charge in [0.15, 0.2) is 0 Å². The maximum atomic E-state index is 2.00.